The largest absolute Gasteiger partial charge is 0.506 e. The average molecular weight is 465 g/mol. The van der Waals surface area contributed by atoms with Crippen LogP contribution in [0.2, 0.25) is 0 Å². The van der Waals surface area contributed by atoms with Crippen LogP contribution in [0.3, 0.4) is 0 Å². The third-order valence-corrected chi connectivity index (χ3v) is 7.67. The minimum Gasteiger partial charge on any atom is -0.497 e. The Bertz CT molecular complexity index is 1160. The normalized spacial score (nSPS) is 20.5. The van der Waals surface area contributed by atoms with E-state index in [1.165, 1.54) is 34.8 Å². The molecule has 1 aliphatic carbocycles. The van der Waals surface area contributed by atoms with Crippen molar-refractivity contribution in [1.82, 2.24) is 5.32 Å². The smallest absolute Gasteiger partial charge is 0.497 e. The lowest BCUT2D eigenvalue weighted by atomic mass is 9.95. The predicted octanol–water partition coefficient (Wildman–Crippen LogP) is 3.59. The minimum atomic E-state index is -0.589. The van der Waals surface area contributed by atoms with Crippen molar-refractivity contribution >= 4 is 41.0 Å². The molecule has 170 valence electrons. The van der Waals surface area contributed by atoms with Gasteiger partial charge in [-0.15, -0.1) is 16.7 Å². The lowest BCUT2D eigenvalue weighted by Crippen LogP contribution is -2.57. The van der Waals surface area contributed by atoms with E-state index in [2.05, 4.69) is 5.32 Å². The summed E-state index contributed by atoms with van der Waals surface area (Å²) in [5.74, 6) is 0.0380. The topological polar surface area (TPSA) is 78.7 Å². The van der Waals surface area contributed by atoms with Crippen LogP contribution in [0.15, 0.2) is 53.4 Å². The molecule has 2 heterocycles. The number of fused-ring (bicyclic) bond motifs is 3. The number of hydrogen-bond acceptors (Lipinski definition) is 5. The van der Waals surface area contributed by atoms with E-state index in [9.17, 15) is 14.4 Å². The molecule has 0 radical (unpaired) electrons. The number of ether oxygens (including phenoxy) is 1. The Morgan fingerprint density at radius 2 is 1.91 bits per heavy atom. The van der Waals surface area contributed by atoms with Crippen LogP contribution in [0, 0.1) is 0 Å². The third kappa shape index (κ3) is 4.04. The van der Waals surface area contributed by atoms with Gasteiger partial charge >= 0.3 is 11.9 Å². The molecule has 1 fully saturated rings. The maximum absolute atomic E-state index is 13.7. The standard InChI is InChI=1S/C25H25N3O4S/c1-32-18-11-7-10-17(14-18)28-24(30)23-22(19-12-5-6-13-20(19)33-23)27(25(28)31)15-21(29)26-16-8-3-2-4-9-16/h5-7,10-14,16,23H,2-4,8-9,15H2,1H3/p+1. The Labute approximate surface area is 196 Å². The average Bonchev–Trinajstić information content (AvgIpc) is 3.23. The van der Waals surface area contributed by atoms with E-state index < -0.39 is 11.3 Å². The number of hydrogen-bond donors (Lipinski definition) is 1. The highest BCUT2D eigenvalue weighted by atomic mass is 32.2. The van der Waals surface area contributed by atoms with Gasteiger partial charge in [0.1, 0.15) is 17.1 Å². The number of rotatable bonds is 5. The van der Waals surface area contributed by atoms with Crippen LogP contribution in [0.1, 0.15) is 37.7 Å². The van der Waals surface area contributed by atoms with Crippen molar-refractivity contribution in [3.63, 3.8) is 0 Å². The van der Waals surface area contributed by atoms with Gasteiger partial charge in [0.2, 0.25) is 0 Å². The molecule has 0 saturated heterocycles. The maximum atomic E-state index is 13.7. The molecule has 8 heteroatoms. The van der Waals surface area contributed by atoms with Gasteiger partial charge in [0.05, 0.1) is 7.11 Å². The quantitative estimate of drug-likeness (QED) is 0.685. The number of carbonyl (C=O) groups is 3. The van der Waals surface area contributed by atoms with E-state index >= 15 is 0 Å². The second kappa shape index (κ2) is 9.02. The molecule has 1 unspecified atom stereocenters. The lowest BCUT2D eigenvalue weighted by Gasteiger charge is -2.26. The molecule has 4 amide bonds. The van der Waals surface area contributed by atoms with Gasteiger partial charge in [-0.25, -0.2) is 4.79 Å². The second-order valence-electron chi connectivity index (χ2n) is 8.53. The molecule has 1 saturated carbocycles. The Morgan fingerprint density at radius 3 is 2.70 bits per heavy atom. The van der Waals surface area contributed by atoms with Crippen LogP contribution >= 0.6 is 11.8 Å². The highest BCUT2D eigenvalue weighted by molar-refractivity contribution is 8.02. The molecule has 33 heavy (non-hydrogen) atoms. The summed E-state index contributed by atoms with van der Waals surface area (Å²) in [4.78, 5) is 42.3. The number of thioether (sulfide) groups is 1. The molecule has 3 aliphatic rings. The highest BCUT2D eigenvalue weighted by Crippen LogP contribution is 2.41. The van der Waals surface area contributed by atoms with Gasteiger partial charge in [0.15, 0.2) is 11.8 Å². The number of nitrogens with one attached hydrogen (secondary N) is 1. The summed E-state index contributed by atoms with van der Waals surface area (Å²) in [6.45, 7) is -0.121. The molecule has 7 nitrogen and oxygen atoms in total. The SMILES string of the molecule is COc1cccc(N2C(=O)C3Sc4ccccc4C3=[N+](CC(=O)NC3CCCCC3)C2=O)c1. The van der Waals surface area contributed by atoms with Crippen molar-refractivity contribution in [2.24, 2.45) is 0 Å². The zero-order valence-electron chi connectivity index (χ0n) is 18.5. The highest BCUT2D eigenvalue weighted by Gasteiger charge is 2.53. The Hall–Kier alpha value is -3.13. The number of anilines is 1. The molecule has 2 aliphatic heterocycles. The molecule has 5 rings (SSSR count). The van der Waals surface area contributed by atoms with E-state index in [4.69, 9.17) is 4.74 Å². The number of methoxy groups -OCH3 is 1. The van der Waals surface area contributed by atoms with E-state index in [-0.39, 0.29) is 24.4 Å². The monoisotopic (exact) mass is 464 g/mol. The fraction of sp³-hybridized carbons (Fsp3) is 0.360. The number of nitrogens with zero attached hydrogens (tertiary/aromatic N) is 2. The first-order valence-electron chi connectivity index (χ1n) is 11.3. The van der Waals surface area contributed by atoms with Crippen LogP contribution in [-0.4, -0.2) is 53.1 Å². The minimum absolute atomic E-state index is 0.121. The Kier molecular flexibility index (Phi) is 5.93. The van der Waals surface area contributed by atoms with Gasteiger partial charge in [-0.1, -0.05) is 37.5 Å². The van der Waals surface area contributed by atoms with E-state index in [0.29, 0.717) is 17.1 Å². The molecular formula is C25H26N3O4S+. The van der Waals surface area contributed by atoms with Gasteiger partial charge in [0.25, 0.3) is 5.91 Å². The van der Waals surface area contributed by atoms with E-state index in [1.54, 1.807) is 24.3 Å². The first-order valence-corrected chi connectivity index (χ1v) is 12.2. The van der Waals surface area contributed by atoms with Crippen LogP contribution < -0.4 is 15.0 Å². The van der Waals surface area contributed by atoms with Crippen molar-refractivity contribution in [1.29, 1.82) is 0 Å². The zero-order chi connectivity index (χ0) is 22.9. The Morgan fingerprint density at radius 1 is 1.12 bits per heavy atom. The first-order chi connectivity index (χ1) is 16.1. The van der Waals surface area contributed by atoms with Gasteiger partial charge < -0.3 is 10.1 Å². The molecular weight excluding hydrogens is 438 g/mol. The third-order valence-electron chi connectivity index (χ3n) is 6.40. The second-order valence-corrected chi connectivity index (χ2v) is 9.67. The summed E-state index contributed by atoms with van der Waals surface area (Å²) in [7, 11) is 1.54. The summed E-state index contributed by atoms with van der Waals surface area (Å²) in [6.07, 6.45) is 5.34. The lowest BCUT2D eigenvalue weighted by molar-refractivity contribution is -0.416. The predicted molar refractivity (Wildman–Crippen MR) is 126 cm³/mol. The van der Waals surface area contributed by atoms with Crippen LogP contribution in [0.25, 0.3) is 0 Å². The number of urea groups is 1. The van der Waals surface area contributed by atoms with Gasteiger partial charge in [-0.05, 0) is 37.1 Å². The molecule has 1 atom stereocenters. The number of amides is 4. The number of imide groups is 1. The van der Waals surface area contributed by atoms with Crippen molar-refractivity contribution in [3.05, 3.63) is 54.1 Å². The summed E-state index contributed by atoms with van der Waals surface area (Å²) in [5, 5.41) is 2.51. The van der Waals surface area contributed by atoms with Crippen LogP contribution in [0.5, 0.6) is 5.75 Å². The van der Waals surface area contributed by atoms with Crippen LogP contribution in [-0.2, 0) is 9.59 Å². The van der Waals surface area contributed by atoms with Gasteiger partial charge in [0, 0.05) is 22.6 Å². The molecule has 2 aromatic carbocycles. The van der Waals surface area contributed by atoms with Gasteiger partial charge in [-0.3, -0.25) is 4.79 Å². The van der Waals surface area contributed by atoms with Crippen LogP contribution in [0.4, 0.5) is 10.5 Å². The fourth-order valence-electron chi connectivity index (χ4n) is 4.80. The molecule has 2 aromatic rings. The summed E-state index contributed by atoms with van der Waals surface area (Å²) < 4.78 is 6.77. The van der Waals surface area contributed by atoms with Crippen molar-refractivity contribution in [3.8, 4) is 5.75 Å². The molecule has 0 spiro atoms. The number of benzene rings is 2. The van der Waals surface area contributed by atoms with Crippen molar-refractivity contribution in [2.75, 3.05) is 18.6 Å². The maximum Gasteiger partial charge on any atom is 0.506 e. The van der Waals surface area contributed by atoms with E-state index in [1.807, 2.05) is 24.3 Å². The van der Waals surface area contributed by atoms with Crippen molar-refractivity contribution in [2.45, 2.75) is 48.3 Å². The first kappa shape index (κ1) is 21.7. The molecule has 1 N–H and O–H groups in total. The summed E-state index contributed by atoms with van der Waals surface area (Å²) in [6, 6.07) is 14.1. The van der Waals surface area contributed by atoms with E-state index in [0.717, 1.165) is 36.1 Å². The molecule has 0 aromatic heterocycles. The fourth-order valence-corrected chi connectivity index (χ4v) is 6.08. The van der Waals surface area contributed by atoms with Crippen molar-refractivity contribution < 1.29 is 23.7 Å². The zero-order valence-corrected chi connectivity index (χ0v) is 19.3. The van der Waals surface area contributed by atoms with Gasteiger partial charge in [-0.2, -0.15) is 9.37 Å². The number of carbonyl (C=O) groups excluding carboxylic acids is 3. The Balaban J connectivity index is 1.53. The molecule has 0 bridgehead atoms. The summed E-state index contributed by atoms with van der Waals surface area (Å²) >= 11 is 1.42. The summed E-state index contributed by atoms with van der Waals surface area (Å²) in [5.41, 5.74) is 1.87.